The standard InChI is InChI=1S/C36H41BrN2O4S/c1-22(2)20-39(32(41)12-9-25-17-24(37)21-44-25)28-11-10-27-29-18-26-30(40)19-31(42-3)34-33(26)36(27,35(28)43-34)14-16-38(29)15-13-23-7-5-4-6-8-23/h4-9,12,17,19,21-22,27-29,35,40H,10-11,13-16,18,20H2,1-3H3/b12-9+/t27-,28+,29+,35-,36-/m0/s1. The summed E-state index contributed by atoms with van der Waals surface area (Å²) in [5, 5.41) is 13.4. The first-order chi connectivity index (χ1) is 21.3. The second kappa shape index (κ2) is 11.8. The fraction of sp³-hybridized carbons (Fsp3) is 0.472. The summed E-state index contributed by atoms with van der Waals surface area (Å²) in [6.07, 6.45) is 8.17. The minimum absolute atomic E-state index is 0.0327. The Hall–Kier alpha value is -2.81. The third-order valence-electron chi connectivity index (χ3n) is 10.5. The third kappa shape index (κ3) is 4.97. The number of benzene rings is 2. The molecule has 232 valence electrons. The van der Waals surface area contributed by atoms with Crippen LogP contribution in [0.2, 0.25) is 0 Å². The zero-order chi connectivity index (χ0) is 30.6. The van der Waals surface area contributed by atoms with Gasteiger partial charge < -0.3 is 19.5 Å². The topological polar surface area (TPSA) is 62.2 Å². The van der Waals surface area contributed by atoms with Crippen molar-refractivity contribution in [1.29, 1.82) is 0 Å². The van der Waals surface area contributed by atoms with Crippen LogP contribution in [-0.2, 0) is 23.1 Å². The minimum Gasteiger partial charge on any atom is -0.508 e. The molecule has 1 N–H and O–H groups in total. The van der Waals surface area contributed by atoms with E-state index in [1.54, 1.807) is 30.6 Å². The van der Waals surface area contributed by atoms with Crippen LogP contribution < -0.4 is 9.47 Å². The lowest BCUT2D eigenvalue weighted by atomic mass is 9.50. The number of nitrogens with zero attached hydrogens (tertiary/aromatic N) is 2. The van der Waals surface area contributed by atoms with Gasteiger partial charge in [0.15, 0.2) is 11.5 Å². The van der Waals surface area contributed by atoms with E-state index < -0.39 is 0 Å². The highest BCUT2D eigenvalue weighted by Crippen LogP contribution is 2.65. The Morgan fingerprint density at radius 2 is 2.09 bits per heavy atom. The van der Waals surface area contributed by atoms with Crippen LogP contribution in [0.5, 0.6) is 17.2 Å². The number of likely N-dealkylation sites (tertiary alicyclic amines) is 1. The minimum atomic E-state index is -0.260. The Morgan fingerprint density at radius 1 is 1.27 bits per heavy atom. The summed E-state index contributed by atoms with van der Waals surface area (Å²) < 4.78 is 13.9. The normalized spacial score (nSPS) is 26.9. The maximum atomic E-state index is 14.0. The Bertz CT molecular complexity index is 1570. The SMILES string of the molecule is COc1cc(O)c2c3c1O[C@H]1[C@H](N(CC(C)C)C(=O)/C=C/c4cc(Br)cs4)CC[C@H]4[C@@H](C2)N(CCc2ccccc2)CC[C@@]341. The van der Waals surface area contributed by atoms with E-state index in [1.807, 2.05) is 17.5 Å². The van der Waals surface area contributed by atoms with Crippen LogP contribution in [0, 0.1) is 11.8 Å². The van der Waals surface area contributed by atoms with E-state index in [-0.39, 0.29) is 23.5 Å². The highest BCUT2D eigenvalue weighted by molar-refractivity contribution is 9.10. The monoisotopic (exact) mass is 676 g/mol. The molecule has 1 amide bonds. The van der Waals surface area contributed by atoms with Crippen molar-refractivity contribution in [3.8, 4) is 17.2 Å². The number of amides is 1. The molecule has 2 aliphatic heterocycles. The quantitative estimate of drug-likeness (QED) is 0.246. The van der Waals surface area contributed by atoms with Gasteiger partial charge in [-0.05, 0) is 84.1 Å². The lowest BCUT2D eigenvalue weighted by Gasteiger charge is -2.60. The molecule has 4 aliphatic rings. The molecule has 3 heterocycles. The molecule has 44 heavy (non-hydrogen) atoms. The number of halogens is 1. The van der Waals surface area contributed by atoms with Gasteiger partial charge in [-0.1, -0.05) is 44.2 Å². The first-order valence-corrected chi connectivity index (χ1v) is 17.6. The molecule has 3 aromatic rings. The van der Waals surface area contributed by atoms with Gasteiger partial charge in [0.2, 0.25) is 5.91 Å². The number of carbonyl (C=O) groups is 1. The number of rotatable bonds is 9. The van der Waals surface area contributed by atoms with Crippen molar-refractivity contribution in [3.63, 3.8) is 0 Å². The van der Waals surface area contributed by atoms with Crippen LogP contribution in [0.4, 0.5) is 0 Å². The zero-order valence-corrected chi connectivity index (χ0v) is 28.1. The number of phenolic OH excluding ortho intramolecular Hbond substituents is 1. The Balaban J connectivity index is 1.26. The smallest absolute Gasteiger partial charge is 0.246 e. The molecular formula is C36H41BrN2O4S. The van der Waals surface area contributed by atoms with Gasteiger partial charge in [0.25, 0.3) is 0 Å². The number of thiophene rings is 1. The van der Waals surface area contributed by atoms with Gasteiger partial charge in [-0.15, -0.1) is 11.3 Å². The molecule has 0 radical (unpaired) electrons. The number of hydrogen-bond acceptors (Lipinski definition) is 6. The van der Waals surface area contributed by atoms with E-state index in [0.29, 0.717) is 35.9 Å². The van der Waals surface area contributed by atoms with Crippen molar-refractivity contribution in [2.24, 2.45) is 11.8 Å². The fourth-order valence-corrected chi connectivity index (χ4v) is 10.1. The van der Waals surface area contributed by atoms with E-state index in [9.17, 15) is 9.90 Å². The molecule has 1 aromatic heterocycles. The van der Waals surface area contributed by atoms with Crippen molar-refractivity contribution < 1.29 is 19.4 Å². The number of carbonyl (C=O) groups excluding carboxylic acids is 1. The van der Waals surface area contributed by atoms with Crippen LogP contribution in [0.1, 0.15) is 54.7 Å². The van der Waals surface area contributed by atoms with Crippen LogP contribution in [-0.4, -0.2) is 65.7 Å². The van der Waals surface area contributed by atoms with Crippen LogP contribution >= 0.6 is 27.3 Å². The van der Waals surface area contributed by atoms with Gasteiger partial charge in [0.05, 0.1) is 13.2 Å². The second-order valence-corrected chi connectivity index (χ2v) is 15.1. The summed E-state index contributed by atoms with van der Waals surface area (Å²) in [5.41, 5.74) is 3.27. The summed E-state index contributed by atoms with van der Waals surface area (Å²) >= 11 is 5.14. The van der Waals surface area contributed by atoms with E-state index in [0.717, 1.165) is 71.4 Å². The van der Waals surface area contributed by atoms with Gasteiger partial charge in [-0.2, -0.15) is 0 Å². The molecule has 2 aromatic carbocycles. The highest BCUT2D eigenvalue weighted by atomic mass is 79.9. The van der Waals surface area contributed by atoms with Gasteiger partial charge >= 0.3 is 0 Å². The lowest BCUT2D eigenvalue weighted by molar-refractivity contribution is -0.138. The average molecular weight is 678 g/mol. The zero-order valence-electron chi connectivity index (χ0n) is 25.7. The molecule has 1 saturated carbocycles. The molecule has 0 unspecified atom stereocenters. The summed E-state index contributed by atoms with van der Waals surface area (Å²) in [6, 6.07) is 14.8. The molecule has 2 aliphatic carbocycles. The highest BCUT2D eigenvalue weighted by Gasteiger charge is 2.67. The van der Waals surface area contributed by atoms with Crippen molar-refractivity contribution in [2.45, 2.75) is 69.6 Å². The van der Waals surface area contributed by atoms with Crippen molar-refractivity contribution in [3.05, 3.63) is 80.0 Å². The number of ether oxygens (including phenoxy) is 2. The van der Waals surface area contributed by atoms with Gasteiger partial charge in [-0.3, -0.25) is 9.69 Å². The maximum Gasteiger partial charge on any atom is 0.246 e. The van der Waals surface area contributed by atoms with Gasteiger partial charge in [-0.25, -0.2) is 0 Å². The summed E-state index contributed by atoms with van der Waals surface area (Å²) in [4.78, 5) is 19.8. The largest absolute Gasteiger partial charge is 0.508 e. The first kappa shape index (κ1) is 29.9. The van der Waals surface area contributed by atoms with E-state index in [4.69, 9.17) is 9.47 Å². The van der Waals surface area contributed by atoms with E-state index in [1.165, 1.54) is 5.56 Å². The first-order valence-electron chi connectivity index (χ1n) is 15.9. The summed E-state index contributed by atoms with van der Waals surface area (Å²) in [6.45, 7) is 6.99. The number of aromatic hydroxyl groups is 1. The third-order valence-corrected chi connectivity index (χ3v) is 12.1. The molecule has 2 bridgehead atoms. The Labute approximate surface area is 272 Å². The molecule has 6 nitrogen and oxygen atoms in total. The molecule has 2 fully saturated rings. The molecule has 5 atom stereocenters. The molecule has 8 heteroatoms. The van der Waals surface area contributed by atoms with E-state index in [2.05, 4.69) is 69.9 Å². The van der Waals surface area contributed by atoms with Gasteiger partial charge in [0.1, 0.15) is 11.9 Å². The Kier molecular flexibility index (Phi) is 8.04. The molecule has 1 spiro atoms. The van der Waals surface area contributed by atoms with Crippen molar-refractivity contribution >= 4 is 39.2 Å². The number of hydrogen-bond donors (Lipinski definition) is 1. The maximum absolute atomic E-state index is 14.0. The number of methoxy groups -OCH3 is 1. The lowest BCUT2D eigenvalue weighted by Crippen LogP contribution is -2.69. The van der Waals surface area contributed by atoms with E-state index >= 15 is 0 Å². The number of phenols is 1. The fourth-order valence-electron chi connectivity index (χ4n) is 8.76. The van der Waals surface area contributed by atoms with Crippen LogP contribution in [0.3, 0.4) is 0 Å². The molecular weight excluding hydrogens is 636 g/mol. The summed E-state index contributed by atoms with van der Waals surface area (Å²) in [7, 11) is 1.65. The average Bonchev–Trinajstić information content (AvgIpc) is 3.59. The predicted molar refractivity (Wildman–Crippen MR) is 179 cm³/mol. The van der Waals surface area contributed by atoms with Crippen LogP contribution in [0.25, 0.3) is 6.08 Å². The summed E-state index contributed by atoms with van der Waals surface area (Å²) in [5.74, 6) is 2.43. The van der Waals surface area contributed by atoms with Crippen molar-refractivity contribution in [1.82, 2.24) is 9.80 Å². The van der Waals surface area contributed by atoms with Gasteiger partial charge in [0, 0.05) is 62.5 Å². The molecule has 1 saturated heterocycles. The number of piperidine rings is 1. The molecule has 7 rings (SSSR count). The predicted octanol–water partition coefficient (Wildman–Crippen LogP) is 7.07. The second-order valence-electron chi connectivity index (χ2n) is 13.3. The van der Waals surface area contributed by atoms with Crippen LogP contribution in [0.15, 0.2) is 58.4 Å². The van der Waals surface area contributed by atoms with Crippen molar-refractivity contribution in [2.75, 3.05) is 26.7 Å². The Morgan fingerprint density at radius 3 is 2.82 bits per heavy atom.